The second-order valence-electron chi connectivity index (χ2n) is 7.56. The van der Waals surface area contributed by atoms with Gasteiger partial charge in [0.2, 0.25) is 11.7 Å². The van der Waals surface area contributed by atoms with Gasteiger partial charge in [-0.1, -0.05) is 29.8 Å². The number of hydrogen-bond donors (Lipinski definition) is 2. The minimum Gasteiger partial charge on any atom is -0.486 e. The van der Waals surface area contributed by atoms with Gasteiger partial charge in [0.05, 0.1) is 5.69 Å². The molecule has 10 nitrogen and oxygen atoms in total. The maximum atomic E-state index is 12.7. The first-order valence-corrected chi connectivity index (χ1v) is 11.1. The van der Waals surface area contributed by atoms with Gasteiger partial charge in [0.15, 0.2) is 11.5 Å². The fourth-order valence-corrected chi connectivity index (χ4v) is 3.67. The number of fused-ring (bicyclic) bond motifs is 1. The van der Waals surface area contributed by atoms with E-state index >= 15 is 0 Å². The zero-order valence-electron chi connectivity index (χ0n) is 18.3. The Morgan fingerprint density at radius 1 is 0.943 bits per heavy atom. The average molecular weight is 491 g/mol. The number of tetrazole rings is 1. The summed E-state index contributed by atoms with van der Waals surface area (Å²) in [6, 6.07) is 18.9. The number of rotatable bonds is 6. The molecule has 4 aromatic rings. The van der Waals surface area contributed by atoms with Crippen LogP contribution in [0.15, 0.2) is 66.7 Å². The number of ether oxygens (including phenoxy) is 2. The van der Waals surface area contributed by atoms with E-state index in [1.54, 1.807) is 66.7 Å². The fourth-order valence-electron chi connectivity index (χ4n) is 3.48. The molecule has 11 heteroatoms. The first kappa shape index (κ1) is 22.4. The molecule has 0 aliphatic carbocycles. The number of aromatic nitrogens is 4. The van der Waals surface area contributed by atoms with Gasteiger partial charge in [-0.05, 0) is 47.7 Å². The van der Waals surface area contributed by atoms with Crippen LogP contribution in [-0.2, 0) is 11.3 Å². The van der Waals surface area contributed by atoms with Crippen molar-refractivity contribution >= 4 is 34.8 Å². The van der Waals surface area contributed by atoms with Crippen LogP contribution in [0.4, 0.5) is 11.4 Å². The topological polar surface area (TPSA) is 120 Å². The van der Waals surface area contributed by atoms with E-state index in [2.05, 4.69) is 26.0 Å². The number of benzene rings is 3. The predicted octanol–water partition coefficient (Wildman–Crippen LogP) is 3.66. The van der Waals surface area contributed by atoms with E-state index in [1.807, 2.05) is 0 Å². The summed E-state index contributed by atoms with van der Waals surface area (Å²) in [5, 5.41) is 18.4. The smallest absolute Gasteiger partial charge is 0.255 e. The molecule has 0 fully saturated rings. The second-order valence-corrected chi connectivity index (χ2v) is 8.00. The summed E-state index contributed by atoms with van der Waals surface area (Å²) in [5.74, 6) is 0.808. The summed E-state index contributed by atoms with van der Waals surface area (Å²) < 4.78 is 11.0. The molecule has 0 radical (unpaired) electrons. The van der Waals surface area contributed by atoms with Crippen molar-refractivity contribution < 1.29 is 19.1 Å². The van der Waals surface area contributed by atoms with Crippen LogP contribution >= 0.6 is 11.6 Å². The molecule has 176 valence electrons. The van der Waals surface area contributed by atoms with Crippen molar-refractivity contribution in [2.24, 2.45) is 0 Å². The maximum absolute atomic E-state index is 12.7. The largest absolute Gasteiger partial charge is 0.486 e. The van der Waals surface area contributed by atoms with Crippen LogP contribution in [0, 0.1) is 0 Å². The first-order chi connectivity index (χ1) is 17.0. The molecule has 2 heterocycles. The third kappa shape index (κ3) is 5.22. The summed E-state index contributed by atoms with van der Waals surface area (Å²) in [7, 11) is 0. The van der Waals surface area contributed by atoms with Gasteiger partial charge in [0.1, 0.15) is 19.8 Å². The van der Waals surface area contributed by atoms with Crippen LogP contribution < -0.4 is 20.1 Å². The molecule has 0 atom stereocenters. The lowest BCUT2D eigenvalue weighted by molar-refractivity contribution is -0.117. The number of para-hydroxylation sites is 1. The van der Waals surface area contributed by atoms with Gasteiger partial charge in [-0.15, -0.1) is 10.2 Å². The van der Waals surface area contributed by atoms with Crippen molar-refractivity contribution in [1.29, 1.82) is 0 Å². The zero-order chi connectivity index (χ0) is 24.2. The van der Waals surface area contributed by atoms with Gasteiger partial charge >= 0.3 is 0 Å². The Balaban J connectivity index is 1.27. The molecule has 0 unspecified atom stereocenters. The molecule has 1 aliphatic heterocycles. The molecule has 35 heavy (non-hydrogen) atoms. The van der Waals surface area contributed by atoms with E-state index in [0.29, 0.717) is 52.2 Å². The number of nitrogens with one attached hydrogen (secondary N) is 2. The molecule has 2 N–H and O–H groups in total. The Bertz CT molecular complexity index is 1410. The fraction of sp³-hybridized carbons (Fsp3) is 0.125. The third-order valence-corrected chi connectivity index (χ3v) is 5.30. The Hall–Kier alpha value is -4.44. The SMILES string of the molecule is O=C(Cn1nnc(-c2ccccc2NC(=O)c2cccc(Cl)c2)n1)Nc1ccc2c(c1)OCCO2. The van der Waals surface area contributed by atoms with E-state index in [9.17, 15) is 9.59 Å². The van der Waals surface area contributed by atoms with Crippen LogP contribution in [-0.4, -0.2) is 45.2 Å². The number of carbonyl (C=O) groups is 2. The van der Waals surface area contributed by atoms with Crippen molar-refractivity contribution in [2.75, 3.05) is 23.8 Å². The number of amides is 2. The van der Waals surface area contributed by atoms with Gasteiger partial charge in [0.25, 0.3) is 5.91 Å². The second kappa shape index (κ2) is 9.82. The Morgan fingerprint density at radius 2 is 1.77 bits per heavy atom. The standard InChI is InChI=1S/C24H19ClN6O4/c25-16-5-3-4-15(12-16)24(33)27-19-7-2-1-6-18(19)23-28-30-31(29-23)14-22(32)26-17-8-9-20-21(13-17)35-11-10-34-20/h1-9,12-13H,10-11,14H2,(H,26,32)(H,27,33). The van der Waals surface area contributed by atoms with Crippen LogP contribution in [0.25, 0.3) is 11.4 Å². The lowest BCUT2D eigenvalue weighted by atomic mass is 10.1. The van der Waals surface area contributed by atoms with Crippen LogP contribution in [0.3, 0.4) is 0 Å². The van der Waals surface area contributed by atoms with Crippen molar-refractivity contribution in [3.63, 3.8) is 0 Å². The van der Waals surface area contributed by atoms with Crippen molar-refractivity contribution in [3.05, 3.63) is 77.3 Å². The van der Waals surface area contributed by atoms with Gasteiger partial charge in [-0.2, -0.15) is 4.80 Å². The molecule has 3 aromatic carbocycles. The highest BCUT2D eigenvalue weighted by Crippen LogP contribution is 2.32. The van der Waals surface area contributed by atoms with Gasteiger partial charge in [-0.25, -0.2) is 0 Å². The summed E-state index contributed by atoms with van der Waals surface area (Å²) >= 11 is 5.99. The summed E-state index contributed by atoms with van der Waals surface area (Å²) in [4.78, 5) is 26.4. The highest BCUT2D eigenvalue weighted by molar-refractivity contribution is 6.31. The molecule has 0 bridgehead atoms. The molecule has 5 rings (SSSR count). The number of halogens is 1. The average Bonchev–Trinajstić information content (AvgIpc) is 3.32. The summed E-state index contributed by atoms with van der Waals surface area (Å²) in [6.45, 7) is 0.794. The Morgan fingerprint density at radius 3 is 2.63 bits per heavy atom. The van der Waals surface area contributed by atoms with Gasteiger partial charge < -0.3 is 20.1 Å². The predicted molar refractivity (Wildman–Crippen MR) is 129 cm³/mol. The first-order valence-electron chi connectivity index (χ1n) is 10.7. The minimum absolute atomic E-state index is 0.154. The lowest BCUT2D eigenvalue weighted by Gasteiger charge is -2.18. The number of anilines is 2. The molecule has 1 aromatic heterocycles. The Labute approximate surface area is 204 Å². The normalized spacial score (nSPS) is 12.1. The highest BCUT2D eigenvalue weighted by atomic mass is 35.5. The quantitative estimate of drug-likeness (QED) is 0.423. The summed E-state index contributed by atoms with van der Waals surface area (Å²) in [5.41, 5.74) is 2.03. The molecular weight excluding hydrogens is 472 g/mol. The highest BCUT2D eigenvalue weighted by Gasteiger charge is 2.16. The van der Waals surface area contributed by atoms with E-state index in [0.717, 1.165) is 0 Å². The van der Waals surface area contributed by atoms with Crippen LogP contribution in [0.5, 0.6) is 11.5 Å². The number of carbonyl (C=O) groups excluding carboxylic acids is 2. The third-order valence-electron chi connectivity index (χ3n) is 5.07. The minimum atomic E-state index is -0.340. The monoisotopic (exact) mass is 490 g/mol. The molecule has 0 spiro atoms. The molecule has 1 aliphatic rings. The zero-order valence-corrected chi connectivity index (χ0v) is 19.0. The van der Waals surface area contributed by atoms with Crippen LogP contribution in [0.2, 0.25) is 5.02 Å². The van der Waals surface area contributed by atoms with Crippen molar-refractivity contribution in [2.45, 2.75) is 6.54 Å². The van der Waals surface area contributed by atoms with Crippen LogP contribution in [0.1, 0.15) is 10.4 Å². The number of hydrogen-bond acceptors (Lipinski definition) is 7. The summed E-state index contributed by atoms with van der Waals surface area (Å²) in [6.07, 6.45) is 0. The molecule has 2 amide bonds. The van der Waals surface area contributed by atoms with Crippen molar-refractivity contribution in [3.8, 4) is 22.9 Å². The van der Waals surface area contributed by atoms with Gasteiger partial charge in [-0.3, -0.25) is 9.59 Å². The molecule has 0 saturated heterocycles. The lowest BCUT2D eigenvalue weighted by Crippen LogP contribution is -2.21. The molecule has 0 saturated carbocycles. The van der Waals surface area contributed by atoms with E-state index < -0.39 is 0 Å². The van der Waals surface area contributed by atoms with Gasteiger partial charge in [0, 0.05) is 27.9 Å². The van der Waals surface area contributed by atoms with Crippen molar-refractivity contribution in [1.82, 2.24) is 20.2 Å². The maximum Gasteiger partial charge on any atom is 0.255 e. The van der Waals surface area contributed by atoms with E-state index in [1.165, 1.54) is 4.80 Å². The van der Waals surface area contributed by atoms with E-state index in [4.69, 9.17) is 21.1 Å². The van der Waals surface area contributed by atoms with E-state index in [-0.39, 0.29) is 24.2 Å². The number of nitrogens with zero attached hydrogens (tertiary/aromatic N) is 4. The molecular formula is C24H19ClN6O4. The Kier molecular flexibility index (Phi) is 6.27.